The maximum atomic E-state index is 11.2. The first kappa shape index (κ1) is 14.9. The third-order valence-corrected chi connectivity index (χ3v) is 3.68. The average molecular weight is 276 g/mol. The van der Waals surface area contributed by atoms with E-state index in [2.05, 4.69) is 17.0 Å². The summed E-state index contributed by atoms with van der Waals surface area (Å²) in [4.78, 5) is 13.6. The van der Waals surface area contributed by atoms with E-state index in [1.165, 1.54) is 11.1 Å². The lowest BCUT2D eigenvalue weighted by atomic mass is 10.1. The van der Waals surface area contributed by atoms with Crippen LogP contribution in [0.25, 0.3) is 0 Å². The Morgan fingerprint density at radius 3 is 2.85 bits per heavy atom. The quantitative estimate of drug-likeness (QED) is 0.472. The van der Waals surface area contributed by atoms with E-state index in [9.17, 15) is 4.79 Å². The van der Waals surface area contributed by atoms with Gasteiger partial charge in [0.05, 0.1) is 6.61 Å². The Bertz CT molecular complexity index is 460. The van der Waals surface area contributed by atoms with E-state index in [1.807, 2.05) is 13.0 Å². The molecule has 1 aromatic carbocycles. The van der Waals surface area contributed by atoms with E-state index in [4.69, 9.17) is 10.5 Å². The zero-order valence-electron chi connectivity index (χ0n) is 12.2. The van der Waals surface area contributed by atoms with Gasteiger partial charge in [-0.25, -0.2) is 0 Å². The van der Waals surface area contributed by atoms with E-state index in [0.29, 0.717) is 13.0 Å². The van der Waals surface area contributed by atoms with Crippen LogP contribution in [0.1, 0.15) is 43.7 Å². The Labute approximate surface area is 120 Å². The molecule has 20 heavy (non-hydrogen) atoms. The predicted octanol–water partition coefficient (Wildman–Crippen LogP) is 2.71. The maximum Gasteiger partial charge on any atom is 0.305 e. The van der Waals surface area contributed by atoms with Crippen molar-refractivity contribution < 1.29 is 9.53 Å². The van der Waals surface area contributed by atoms with Crippen LogP contribution < -0.4 is 5.73 Å². The molecule has 0 saturated carbocycles. The second-order valence-electron chi connectivity index (χ2n) is 5.35. The maximum absolute atomic E-state index is 11.2. The molecular formula is C16H24N2O2. The molecular weight excluding hydrogens is 252 g/mol. The normalized spacial score (nSPS) is 14.2. The Morgan fingerprint density at radius 1 is 1.25 bits per heavy atom. The van der Waals surface area contributed by atoms with Crippen LogP contribution in [-0.4, -0.2) is 24.0 Å². The van der Waals surface area contributed by atoms with Gasteiger partial charge >= 0.3 is 5.97 Å². The Balaban J connectivity index is 1.61. The van der Waals surface area contributed by atoms with E-state index in [0.717, 1.165) is 44.6 Å². The number of hydrogen-bond donors (Lipinski definition) is 1. The first-order valence-corrected chi connectivity index (χ1v) is 7.44. The molecule has 1 aliphatic rings. The molecule has 1 aliphatic heterocycles. The average Bonchev–Trinajstić information content (AvgIpc) is 2.80. The first-order chi connectivity index (χ1) is 9.69. The summed E-state index contributed by atoms with van der Waals surface area (Å²) in [6.45, 7) is 5.42. The highest BCUT2D eigenvalue weighted by molar-refractivity contribution is 5.69. The number of nitrogens with two attached hydrogens (primary N) is 1. The van der Waals surface area contributed by atoms with Gasteiger partial charge in [-0.15, -0.1) is 0 Å². The highest BCUT2D eigenvalue weighted by Gasteiger charge is 2.18. The number of unbranched alkanes of at least 4 members (excludes halogenated alkanes) is 2. The fourth-order valence-corrected chi connectivity index (χ4v) is 2.66. The lowest BCUT2D eigenvalue weighted by molar-refractivity contribution is -0.143. The van der Waals surface area contributed by atoms with Gasteiger partial charge in [-0.05, 0) is 49.6 Å². The number of nitrogens with zero attached hydrogens (tertiary/aromatic N) is 1. The van der Waals surface area contributed by atoms with Crippen LogP contribution in [0.2, 0.25) is 0 Å². The van der Waals surface area contributed by atoms with Crippen LogP contribution in [0, 0.1) is 0 Å². The number of rotatable bonds is 7. The second kappa shape index (κ2) is 7.29. The molecule has 0 amide bonds. The molecule has 0 aromatic heterocycles. The van der Waals surface area contributed by atoms with Crippen molar-refractivity contribution in [1.29, 1.82) is 0 Å². The van der Waals surface area contributed by atoms with Gasteiger partial charge in [0.15, 0.2) is 0 Å². The van der Waals surface area contributed by atoms with Gasteiger partial charge in [0.2, 0.25) is 0 Å². The van der Waals surface area contributed by atoms with Crippen molar-refractivity contribution in [2.45, 2.75) is 45.7 Å². The molecule has 0 fully saturated rings. The number of nitrogen functional groups attached to an aromatic ring is 1. The molecule has 1 aromatic rings. The van der Waals surface area contributed by atoms with Crippen molar-refractivity contribution in [3.05, 3.63) is 29.3 Å². The first-order valence-electron chi connectivity index (χ1n) is 7.44. The SMILES string of the molecule is CCOC(=O)CCCCCN1Cc2ccc(N)cc2C1. The minimum atomic E-state index is -0.0726. The monoisotopic (exact) mass is 276 g/mol. The third kappa shape index (κ3) is 4.23. The molecule has 0 saturated heterocycles. The minimum Gasteiger partial charge on any atom is -0.466 e. The van der Waals surface area contributed by atoms with Crippen molar-refractivity contribution in [3.63, 3.8) is 0 Å². The molecule has 4 nitrogen and oxygen atoms in total. The summed E-state index contributed by atoms with van der Waals surface area (Å²) in [5.74, 6) is -0.0726. The van der Waals surface area contributed by atoms with Crippen molar-refractivity contribution in [2.75, 3.05) is 18.9 Å². The number of ether oxygens (including phenoxy) is 1. The zero-order valence-corrected chi connectivity index (χ0v) is 12.2. The van der Waals surface area contributed by atoms with Crippen molar-refractivity contribution >= 4 is 11.7 Å². The summed E-state index contributed by atoms with van der Waals surface area (Å²) < 4.78 is 4.91. The van der Waals surface area contributed by atoms with Crippen molar-refractivity contribution in [1.82, 2.24) is 4.90 Å². The topological polar surface area (TPSA) is 55.6 Å². The summed E-state index contributed by atoms with van der Waals surface area (Å²) >= 11 is 0. The molecule has 110 valence electrons. The van der Waals surface area contributed by atoms with Crippen LogP contribution in [0.5, 0.6) is 0 Å². The number of anilines is 1. The number of benzene rings is 1. The lowest BCUT2D eigenvalue weighted by Crippen LogP contribution is -2.17. The van der Waals surface area contributed by atoms with Crippen LogP contribution in [0.3, 0.4) is 0 Å². The molecule has 2 N–H and O–H groups in total. The van der Waals surface area contributed by atoms with Crippen LogP contribution >= 0.6 is 0 Å². The van der Waals surface area contributed by atoms with Crippen molar-refractivity contribution in [3.8, 4) is 0 Å². The summed E-state index contributed by atoms with van der Waals surface area (Å²) in [5.41, 5.74) is 9.41. The minimum absolute atomic E-state index is 0.0726. The summed E-state index contributed by atoms with van der Waals surface area (Å²) in [6.07, 6.45) is 3.67. The van der Waals surface area contributed by atoms with Crippen LogP contribution in [0.15, 0.2) is 18.2 Å². The fraction of sp³-hybridized carbons (Fsp3) is 0.562. The van der Waals surface area contributed by atoms with E-state index >= 15 is 0 Å². The Hall–Kier alpha value is -1.55. The van der Waals surface area contributed by atoms with E-state index in [-0.39, 0.29) is 5.97 Å². The number of carbonyl (C=O) groups excluding carboxylic acids is 1. The number of fused-ring (bicyclic) bond motifs is 1. The molecule has 4 heteroatoms. The molecule has 0 atom stereocenters. The highest BCUT2D eigenvalue weighted by atomic mass is 16.5. The van der Waals surface area contributed by atoms with Gasteiger partial charge < -0.3 is 10.5 Å². The molecule has 0 unspecified atom stereocenters. The van der Waals surface area contributed by atoms with E-state index in [1.54, 1.807) is 0 Å². The van der Waals surface area contributed by atoms with Gasteiger partial charge in [0.1, 0.15) is 0 Å². The zero-order chi connectivity index (χ0) is 14.4. The highest BCUT2D eigenvalue weighted by Crippen LogP contribution is 2.24. The van der Waals surface area contributed by atoms with Gasteiger partial charge in [0, 0.05) is 25.2 Å². The third-order valence-electron chi connectivity index (χ3n) is 3.68. The smallest absolute Gasteiger partial charge is 0.305 e. The summed E-state index contributed by atoms with van der Waals surface area (Å²) in [5, 5.41) is 0. The Kier molecular flexibility index (Phi) is 5.41. The van der Waals surface area contributed by atoms with Gasteiger partial charge in [-0.1, -0.05) is 12.5 Å². The molecule has 0 aliphatic carbocycles. The van der Waals surface area contributed by atoms with Crippen LogP contribution in [0.4, 0.5) is 5.69 Å². The summed E-state index contributed by atoms with van der Waals surface area (Å²) in [7, 11) is 0. The lowest BCUT2D eigenvalue weighted by Gasteiger charge is -2.14. The standard InChI is InChI=1S/C16H24N2O2/c1-2-20-16(19)6-4-3-5-9-18-11-13-7-8-15(17)10-14(13)12-18/h7-8,10H,2-6,9,11-12,17H2,1H3. The molecule has 2 rings (SSSR count). The van der Waals surface area contributed by atoms with Gasteiger partial charge in [-0.3, -0.25) is 9.69 Å². The molecule has 0 bridgehead atoms. The molecule has 1 heterocycles. The van der Waals surface area contributed by atoms with Crippen LogP contribution in [-0.2, 0) is 22.6 Å². The number of esters is 1. The van der Waals surface area contributed by atoms with Gasteiger partial charge in [-0.2, -0.15) is 0 Å². The molecule has 0 spiro atoms. The van der Waals surface area contributed by atoms with E-state index < -0.39 is 0 Å². The fourth-order valence-electron chi connectivity index (χ4n) is 2.66. The number of carbonyl (C=O) groups is 1. The largest absolute Gasteiger partial charge is 0.466 e. The molecule has 0 radical (unpaired) electrons. The Morgan fingerprint density at radius 2 is 2.05 bits per heavy atom. The van der Waals surface area contributed by atoms with Crippen molar-refractivity contribution in [2.24, 2.45) is 0 Å². The second-order valence-corrected chi connectivity index (χ2v) is 5.35. The predicted molar refractivity (Wildman–Crippen MR) is 80.1 cm³/mol. The number of hydrogen-bond acceptors (Lipinski definition) is 4. The van der Waals surface area contributed by atoms with Gasteiger partial charge in [0.25, 0.3) is 0 Å². The summed E-state index contributed by atoms with van der Waals surface area (Å²) in [6, 6.07) is 6.18.